The Bertz CT molecular complexity index is 679. The van der Waals surface area contributed by atoms with Crippen molar-refractivity contribution in [2.45, 2.75) is 25.0 Å². The Hall–Kier alpha value is -1.70. The van der Waals surface area contributed by atoms with Gasteiger partial charge in [-0.3, -0.25) is 5.10 Å². The summed E-state index contributed by atoms with van der Waals surface area (Å²) in [7, 11) is -1.84. The molecule has 20 heavy (non-hydrogen) atoms. The van der Waals surface area contributed by atoms with E-state index >= 15 is 0 Å². The van der Waals surface area contributed by atoms with Gasteiger partial charge >= 0.3 is 0 Å². The molecular weight excluding hydrogens is 276 g/mol. The smallest absolute Gasteiger partial charge is 0.258 e. The van der Waals surface area contributed by atoms with Crippen LogP contribution in [0.15, 0.2) is 35.5 Å². The summed E-state index contributed by atoms with van der Waals surface area (Å²) in [5, 5.41) is 9.35. The maximum absolute atomic E-state index is 12.2. The molecule has 0 radical (unpaired) electrons. The van der Waals surface area contributed by atoms with Gasteiger partial charge in [0.05, 0.1) is 6.20 Å². The summed E-state index contributed by atoms with van der Waals surface area (Å²) in [6.45, 7) is 2.66. The minimum absolute atomic E-state index is 0.111. The van der Waals surface area contributed by atoms with Crippen LogP contribution in [0.3, 0.4) is 0 Å². The third-order valence-corrected chi connectivity index (χ3v) is 4.28. The zero-order valence-electron chi connectivity index (χ0n) is 11.5. The van der Waals surface area contributed by atoms with E-state index < -0.39 is 10.0 Å². The van der Waals surface area contributed by atoms with Crippen LogP contribution in [0.1, 0.15) is 16.7 Å². The Balaban J connectivity index is 2.13. The molecule has 0 fully saturated rings. The molecule has 1 heterocycles. The van der Waals surface area contributed by atoms with Crippen LogP contribution in [0.4, 0.5) is 0 Å². The highest BCUT2D eigenvalue weighted by atomic mass is 32.2. The Kier molecular flexibility index (Phi) is 4.53. The first-order valence-electron chi connectivity index (χ1n) is 6.25. The molecule has 108 valence electrons. The minimum atomic E-state index is -3.59. The highest BCUT2D eigenvalue weighted by Crippen LogP contribution is 2.12. The van der Waals surface area contributed by atoms with Crippen molar-refractivity contribution in [2.24, 2.45) is 0 Å². The zero-order chi connectivity index (χ0) is 14.6. The largest absolute Gasteiger partial charge is 0.316 e. The second kappa shape index (κ2) is 6.17. The lowest BCUT2D eigenvalue weighted by molar-refractivity contribution is 0.575. The zero-order valence-corrected chi connectivity index (χ0v) is 12.3. The highest BCUT2D eigenvalue weighted by molar-refractivity contribution is 7.89. The molecule has 0 atom stereocenters. The third-order valence-electron chi connectivity index (χ3n) is 2.86. The maximum Gasteiger partial charge on any atom is 0.258 e. The Morgan fingerprint density at radius 3 is 2.80 bits per heavy atom. The van der Waals surface area contributed by atoms with E-state index in [1.165, 1.54) is 6.20 Å². The summed E-state index contributed by atoms with van der Waals surface area (Å²) in [5.74, 6) is 0. The molecule has 2 aromatic rings. The molecule has 1 aromatic heterocycles. The number of aromatic amines is 1. The van der Waals surface area contributed by atoms with E-state index in [0.29, 0.717) is 12.1 Å². The summed E-state index contributed by atoms with van der Waals surface area (Å²) in [6.07, 6.45) is 1.51. The van der Waals surface area contributed by atoms with E-state index in [0.717, 1.165) is 11.1 Å². The predicted octanol–water partition coefficient (Wildman–Crippen LogP) is 0.916. The van der Waals surface area contributed by atoms with Gasteiger partial charge in [0.1, 0.15) is 0 Å². The van der Waals surface area contributed by atoms with Gasteiger partial charge in [-0.05, 0) is 19.5 Å². The topological polar surface area (TPSA) is 86.9 Å². The SMILES string of the molecule is CNCc1cn[nH]c1S(=O)(=O)NCc1cccc(C)c1. The summed E-state index contributed by atoms with van der Waals surface area (Å²) in [6, 6.07) is 7.71. The van der Waals surface area contributed by atoms with Crippen LogP contribution in [-0.4, -0.2) is 25.7 Å². The van der Waals surface area contributed by atoms with Gasteiger partial charge in [-0.15, -0.1) is 0 Å². The van der Waals surface area contributed by atoms with Crippen LogP contribution in [0.5, 0.6) is 0 Å². The third kappa shape index (κ3) is 3.44. The van der Waals surface area contributed by atoms with Crippen molar-refractivity contribution < 1.29 is 8.42 Å². The number of nitrogens with zero attached hydrogens (tertiary/aromatic N) is 1. The Labute approximate surface area is 118 Å². The van der Waals surface area contributed by atoms with E-state index in [-0.39, 0.29) is 11.6 Å². The lowest BCUT2D eigenvalue weighted by Gasteiger charge is -2.07. The number of hydrogen-bond donors (Lipinski definition) is 3. The van der Waals surface area contributed by atoms with Crippen LogP contribution in [0.2, 0.25) is 0 Å². The molecule has 6 nitrogen and oxygen atoms in total. The summed E-state index contributed by atoms with van der Waals surface area (Å²) in [5.41, 5.74) is 2.63. The van der Waals surface area contributed by atoms with Crippen molar-refractivity contribution in [3.05, 3.63) is 47.2 Å². The standard InChI is InChI=1S/C13H18N4O2S/c1-10-4-3-5-11(6-10)7-16-20(18,19)13-12(8-14-2)9-15-17-13/h3-6,9,14,16H,7-8H2,1-2H3,(H,15,17). The van der Waals surface area contributed by atoms with Crippen LogP contribution in [0, 0.1) is 6.92 Å². The Morgan fingerprint density at radius 2 is 2.10 bits per heavy atom. The summed E-state index contributed by atoms with van der Waals surface area (Å²) >= 11 is 0. The first kappa shape index (κ1) is 14.7. The quantitative estimate of drug-likeness (QED) is 0.739. The second-order valence-corrected chi connectivity index (χ2v) is 6.27. The fourth-order valence-corrected chi connectivity index (χ4v) is 3.06. The van der Waals surface area contributed by atoms with Gasteiger partial charge in [-0.1, -0.05) is 29.8 Å². The first-order valence-corrected chi connectivity index (χ1v) is 7.73. The van der Waals surface area contributed by atoms with E-state index in [1.807, 2.05) is 31.2 Å². The Morgan fingerprint density at radius 1 is 1.30 bits per heavy atom. The number of sulfonamides is 1. The number of nitrogens with one attached hydrogen (secondary N) is 3. The molecular formula is C13H18N4O2S. The molecule has 0 aliphatic carbocycles. The lowest BCUT2D eigenvalue weighted by atomic mass is 10.1. The summed E-state index contributed by atoms with van der Waals surface area (Å²) in [4.78, 5) is 0. The molecule has 0 saturated carbocycles. The van der Waals surface area contributed by atoms with E-state index in [4.69, 9.17) is 0 Å². The molecule has 0 saturated heterocycles. The van der Waals surface area contributed by atoms with Crippen molar-refractivity contribution in [3.8, 4) is 0 Å². The maximum atomic E-state index is 12.2. The van der Waals surface area contributed by atoms with E-state index in [2.05, 4.69) is 20.2 Å². The van der Waals surface area contributed by atoms with E-state index in [9.17, 15) is 8.42 Å². The molecule has 0 amide bonds. The van der Waals surface area contributed by atoms with Crippen LogP contribution < -0.4 is 10.0 Å². The molecule has 0 spiro atoms. The molecule has 3 N–H and O–H groups in total. The van der Waals surface area contributed by atoms with E-state index in [1.54, 1.807) is 7.05 Å². The second-order valence-electron chi connectivity index (χ2n) is 4.57. The number of benzene rings is 1. The molecule has 0 aliphatic heterocycles. The van der Waals surface area contributed by atoms with Crippen molar-refractivity contribution in [2.75, 3.05) is 7.05 Å². The molecule has 1 aromatic carbocycles. The molecule has 0 aliphatic rings. The highest BCUT2D eigenvalue weighted by Gasteiger charge is 2.20. The van der Waals surface area contributed by atoms with Crippen LogP contribution >= 0.6 is 0 Å². The van der Waals surface area contributed by atoms with Crippen molar-refractivity contribution >= 4 is 10.0 Å². The number of aromatic nitrogens is 2. The average molecular weight is 294 g/mol. The van der Waals surface area contributed by atoms with Crippen molar-refractivity contribution in [1.29, 1.82) is 0 Å². The van der Waals surface area contributed by atoms with Gasteiger partial charge in [-0.2, -0.15) is 5.10 Å². The molecule has 7 heteroatoms. The van der Waals surface area contributed by atoms with Gasteiger partial charge in [0.25, 0.3) is 10.0 Å². The minimum Gasteiger partial charge on any atom is -0.316 e. The fraction of sp³-hybridized carbons (Fsp3) is 0.308. The van der Waals surface area contributed by atoms with Gasteiger partial charge in [0.15, 0.2) is 5.03 Å². The van der Waals surface area contributed by atoms with Gasteiger partial charge in [0.2, 0.25) is 0 Å². The number of hydrogen-bond acceptors (Lipinski definition) is 4. The lowest BCUT2D eigenvalue weighted by Crippen LogP contribution is -2.25. The molecule has 0 bridgehead atoms. The molecule has 2 rings (SSSR count). The van der Waals surface area contributed by atoms with Crippen molar-refractivity contribution in [1.82, 2.24) is 20.2 Å². The van der Waals surface area contributed by atoms with Crippen LogP contribution in [0.25, 0.3) is 0 Å². The van der Waals surface area contributed by atoms with Crippen molar-refractivity contribution in [3.63, 3.8) is 0 Å². The van der Waals surface area contributed by atoms with Gasteiger partial charge < -0.3 is 5.32 Å². The van der Waals surface area contributed by atoms with Gasteiger partial charge in [0, 0.05) is 18.7 Å². The monoisotopic (exact) mass is 294 g/mol. The fourth-order valence-electron chi connectivity index (χ4n) is 1.92. The normalized spacial score (nSPS) is 11.7. The number of rotatable bonds is 6. The first-order chi connectivity index (χ1) is 9.53. The molecule has 0 unspecified atom stereocenters. The van der Waals surface area contributed by atoms with Crippen LogP contribution in [-0.2, 0) is 23.1 Å². The number of H-pyrrole nitrogens is 1. The predicted molar refractivity (Wildman–Crippen MR) is 76.6 cm³/mol. The average Bonchev–Trinajstić information content (AvgIpc) is 2.86. The van der Waals surface area contributed by atoms with Gasteiger partial charge in [-0.25, -0.2) is 13.1 Å². The number of aryl methyl sites for hydroxylation is 1. The summed E-state index contributed by atoms with van der Waals surface area (Å²) < 4.78 is 27.1.